The zero-order valence-corrected chi connectivity index (χ0v) is 25.6. The van der Waals surface area contributed by atoms with Gasteiger partial charge in [-0.1, -0.05) is 42.5 Å². The first-order valence-corrected chi connectivity index (χ1v) is 17.3. The number of carbonyl (C=O) groups excluding carboxylic acids is 2. The highest BCUT2D eigenvalue weighted by Gasteiger charge is 2.65. The summed E-state index contributed by atoms with van der Waals surface area (Å²) in [5, 5.41) is 31.0. The van der Waals surface area contributed by atoms with Crippen LogP contribution in [0.4, 0.5) is 11.4 Å². The van der Waals surface area contributed by atoms with Crippen LogP contribution in [-0.2, 0) is 26.5 Å². The molecule has 12 heteroatoms. The Hall–Kier alpha value is -3.42. The van der Waals surface area contributed by atoms with Crippen LogP contribution in [0.5, 0.6) is 0 Å². The number of nitrogens with zero attached hydrogens (tertiary/aromatic N) is 4. The van der Waals surface area contributed by atoms with Gasteiger partial charge < -0.3 is 30.0 Å². The number of aromatic nitrogens is 3. The quantitative estimate of drug-likeness (QED) is 0.277. The van der Waals surface area contributed by atoms with Crippen molar-refractivity contribution in [2.45, 2.75) is 69.2 Å². The molecular weight excluding hydrogens is 554 g/mol. The number of hydrogen-bond donors (Lipinski definition) is 4. The van der Waals surface area contributed by atoms with E-state index in [0.29, 0.717) is 35.6 Å². The molecule has 6 atom stereocenters. The number of amides is 2. The number of anilines is 2. The maximum Gasteiger partial charge on any atom is 0.264 e. The second-order valence-corrected chi connectivity index (χ2v) is 15.9. The molecule has 1 saturated heterocycles. The number of benzene rings is 2. The minimum absolute atomic E-state index is 0.102. The molecule has 3 aromatic rings. The molecule has 1 spiro atoms. The third-order valence-corrected chi connectivity index (χ3v) is 11.2. The summed E-state index contributed by atoms with van der Waals surface area (Å²) in [6.07, 6.45) is 0.669. The summed E-state index contributed by atoms with van der Waals surface area (Å²) in [5.41, 5.74) is 1.76. The highest BCUT2D eigenvalue weighted by atomic mass is 28.4. The molecular formula is C30H39N5O6Si. The highest BCUT2D eigenvalue weighted by molar-refractivity contribution is 6.71. The summed E-state index contributed by atoms with van der Waals surface area (Å²) in [5.74, 6) is -1.42. The molecule has 224 valence electrons. The molecule has 2 aromatic carbocycles. The van der Waals surface area contributed by atoms with Gasteiger partial charge in [-0.3, -0.25) is 14.3 Å². The van der Waals surface area contributed by atoms with E-state index in [1.165, 1.54) is 6.92 Å². The van der Waals surface area contributed by atoms with Gasteiger partial charge in [0.05, 0.1) is 30.0 Å². The number of hydrogen-bond acceptors (Lipinski definition) is 8. The molecule has 2 aliphatic rings. The largest absolute Gasteiger partial charge is 0.432 e. The molecule has 1 unspecified atom stereocenters. The van der Waals surface area contributed by atoms with Crippen molar-refractivity contribution in [2.75, 3.05) is 23.9 Å². The first-order chi connectivity index (χ1) is 19.9. The van der Waals surface area contributed by atoms with Gasteiger partial charge in [0, 0.05) is 42.5 Å². The van der Waals surface area contributed by atoms with Gasteiger partial charge >= 0.3 is 0 Å². The van der Waals surface area contributed by atoms with E-state index in [4.69, 9.17) is 4.74 Å². The molecule has 11 nitrogen and oxygen atoms in total. The Morgan fingerprint density at radius 2 is 1.93 bits per heavy atom. The molecule has 42 heavy (non-hydrogen) atoms. The lowest BCUT2D eigenvalue weighted by molar-refractivity contribution is -0.145. The topological polar surface area (TPSA) is 150 Å². The van der Waals surface area contributed by atoms with Gasteiger partial charge in [-0.05, 0) is 50.2 Å². The van der Waals surface area contributed by atoms with Crippen molar-refractivity contribution in [3.63, 3.8) is 0 Å². The molecule has 0 aliphatic carbocycles. The number of likely N-dealkylation sites (N-methyl/N-ethyl adjacent to an activating group) is 1. The van der Waals surface area contributed by atoms with Crippen LogP contribution in [0, 0.1) is 5.92 Å². The Morgan fingerprint density at radius 1 is 1.21 bits per heavy atom. The molecule has 0 radical (unpaired) electrons. The Morgan fingerprint density at radius 3 is 2.57 bits per heavy atom. The third-order valence-electron chi connectivity index (χ3n) is 8.70. The summed E-state index contributed by atoms with van der Waals surface area (Å²) in [6, 6.07) is 14.8. The second kappa shape index (κ2) is 11.3. The van der Waals surface area contributed by atoms with Crippen LogP contribution < -0.4 is 10.2 Å². The normalized spacial score (nSPS) is 25.1. The molecule has 2 amide bonds. The van der Waals surface area contributed by atoms with Crippen LogP contribution in [0.2, 0.25) is 18.6 Å². The van der Waals surface area contributed by atoms with Crippen molar-refractivity contribution in [1.82, 2.24) is 15.0 Å². The summed E-state index contributed by atoms with van der Waals surface area (Å²) in [6.45, 7) is 7.41. The zero-order valence-electron chi connectivity index (χ0n) is 24.6. The molecule has 3 heterocycles. The third kappa shape index (κ3) is 5.18. The number of carbonyl (C=O) groups is 2. The molecule has 0 bridgehead atoms. The van der Waals surface area contributed by atoms with Gasteiger partial charge in [-0.2, -0.15) is 0 Å². The van der Waals surface area contributed by atoms with Gasteiger partial charge in [0.1, 0.15) is 6.10 Å². The van der Waals surface area contributed by atoms with Crippen molar-refractivity contribution in [2.24, 2.45) is 5.92 Å². The Bertz CT molecular complexity index is 1460. The average molecular weight is 594 g/mol. The SMILES string of the molecule is C[C@H](O)C(=O)Nc1ccc2c(c1)[C@]1(O[C@@H](CCn3cc(C(CO)c4ccccc4)nn3)[C@H]([Si](C)(C)O)[C@H]1C)C(=O)N2C. The Labute approximate surface area is 246 Å². The van der Waals surface area contributed by atoms with Crippen molar-refractivity contribution in [1.29, 1.82) is 0 Å². The maximum atomic E-state index is 13.9. The molecule has 5 rings (SSSR count). The monoisotopic (exact) mass is 593 g/mol. The summed E-state index contributed by atoms with van der Waals surface area (Å²) in [4.78, 5) is 39.2. The van der Waals surface area contributed by atoms with E-state index in [0.717, 1.165) is 5.56 Å². The molecule has 4 N–H and O–H groups in total. The van der Waals surface area contributed by atoms with E-state index >= 15 is 0 Å². The van der Waals surface area contributed by atoms with Crippen LogP contribution in [0.1, 0.15) is 43.0 Å². The number of nitrogens with one attached hydrogen (secondary N) is 1. The van der Waals surface area contributed by atoms with Gasteiger partial charge in [0.15, 0.2) is 13.9 Å². The van der Waals surface area contributed by atoms with Crippen LogP contribution in [0.15, 0.2) is 54.7 Å². The van der Waals surface area contributed by atoms with E-state index in [1.54, 1.807) is 34.8 Å². The summed E-state index contributed by atoms with van der Waals surface area (Å²) >= 11 is 0. The van der Waals surface area contributed by atoms with Crippen molar-refractivity contribution in [3.8, 4) is 0 Å². The van der Waals surface area contributed by atoms with Crippen molar-refractivity contribution in [3.05, 3.63) is 71.5 Å². The van der Waals surface area contributed by atoms with Crippen LogP contribution >= 0.6 is 0 Å². The first kappa shape index (κ1) is 30.0. The predicted molar refractivity (Wildman–Crippen MR) is 159 cm³/mol. The summed E-state index contributed by atoms with van der Waals surface area (Å²) in [7, 11) is -1.15. The molecule has 1 aromatic heterocycles. The minimum Gasteiger partial charge on any atom is -0.432 e. The fourth-order valence-corrected chi connectivity index (χ4v) is 9.28. The van der Waals surface area contributed by atoms with Crippen molar-refractivity contribution >= 4 is 31.5 Å². The highest BCUT2D eigenvalue weighted by Crippen LogP contribution is 2.59. The number of aliphatic hydroxyl groups is 2. The lowest BCUT2D eigenvalue weighted by atomic mass is 9.82. The van der Waals surface area contributed by atoms with Gasteiger partial charge in [-0.25, -0.2) is 0 Å². The smallest absolute Gasteiger partial charge is 0.264 e. The fraction of sp³-hybridized carbons (Fsp3) is 0.467. The van der Waals surface area contributed by atoms with E-state index < -0.39 is 32.0 Å². The standard InChI is InChI=1S/C30H39N5O6Si/c1-18-27(42(4,5)40)26(13-14-35-16-24(32-33-35)22(17-36)20-9-7-6-8-10-20)41-30(18)23-15-21(31-28(38)19(2)37)11-12-25(23)34(3)29(30)39/h6-12,15-16,18-19,22,26-27,36-37,40H,13-14,17H2,1-5H3,(H,31,38)/t18-,19+,22?,26+,27-,30+/m1/s1. The zero-order chi connectivity index (χ0) is 30.4. The lowest BCUT2D eigenvalue weighted by Crippen LogP contribution is -2.45. The molecule has 2 aliphatic heterocycles. The maximum absolute atomic E-state index is 13.9. The number of aryl methyl sites for hydroxylation is 1. The number of fused-ring (bicyclic) bond motifs is 2. The first-order valence-electron chi connectivity index (χ1n) is 14.3. The van der Waals surface area contributed by atoms with E-state index in [1.807, 2.05) is 56.5 Å². The molecule has 1 fully saturated rings. The van der Waals surface area contributed by atoms with Crippen LogP contribution in [0.25, 0.3) is 0 Å². The van der Waals surface area contributed by atoms with E-state index in [2.05, 4.69) is 15.6 Å². The van der Waals surface area contributed by atoms with E-state index in [-0.39, 0.29) is 29.9 Å². The predicted octanol–water partition coefficient (Wildman–Crippen LogP) is 2.59. The molecule has 0 saturated carbocycles. The Kier molecular flexibility index (Phi) is 8.11. The minimum atomic E-state index is -2.85. The summed E-state index contributed by atoms with van der Waals surface area (Å²) < 4.78 is 8.48. The van der Waals surface area contributed by atoms with Gasteiger partial charge in [-0.15, -0.1) is 5.10 Å². The second-order valence-electron chi connectivity index (χ2n) is 12.0. The lowest BCUT2D eigenvalue weighted by Gasteiger charge is -2.32. The van der Waals surface area contributed by atoms with Crippen LogP contribution in [-0.4, -0.2) is 76.0 Å². The fourth-order valence-electron chi connectivity index (χ4n) is 6.67. The number of rotatable bonds is 9. The van der Waals surface area contributed by atoms with Gasteiger partial charge in [0.25, 0.3) is 11.8 Å². The average Bonchev–Trinajstić information content (AvgIpc) is 3.59. The number of aliphatic hydroxyl groups excluding tert-OH is 2. The van der Waals surface area contributed by atoms with E-state index in [9.17, 15) is 24.6 Å². The Balaban J connectivity index is 1.43. The van der Waals surface area contributed by atoms with Gasteiger partial charge in [0.2, 0.25) is 0 Å². The van der Waals surface area contributed by atoms with Crippen LogP contribution in [0.3, 0.4) is 0 Å². The van der Waals surface area contributed by atoms with Crippen molar-refractivity contribution < 1.29 is 29.3 Å². The number of ether oxygens (including phenoxy) is 1.